The molecule has 0 aliphatic carbocycles. The van der Waals surface area contributed by atoms with Crippen molar-refractivity contribution in [1.82, 2.24) is 0 Å². The first kappa shape index (κ1) is 17.7. The molecule has 0 unspecified atom stereocenters. The van der Waals surface area contributed by atoms with Gasteiger partial charge in [-0.3, -0.25) is 0 Å². The normalized spacial score (nSPS) is 10.6. The van der Waals surface area contributed by atoms with Crippen molar-refractivity contribution in [3.8, 4) is 5.75 Å². The zero-order valence-electron chi connectivity index (χ0n) is 13.5. The molecule has 0 atom stereocenters. The van der Waals surface area contributed by atoms with Crippen LogP contribution in [0.25, 0.3) is 0 Å². The fourth-order valence-corrected chi connectivity index (χ4v) is 3.10. The van der Waals surface area contributed by atoms with Gasteiger partial charge in [-0.2, -0.15) is 0 Å². The summed E-state index contributed by atoms with van der Waals surface area (Å²) in [5.74, 6) is -0.472. The number of halogens is 3. The molecule has 5 heteroatoms. The summed E-state index contributed by atoms with van der Waals surface area (Å²) in [4.78, 5) is 0. The van der Waals surface area contributed by atoms with E-state index in [9.17, 15) is 8.78 Å². The molecule has 3 aromatic rings. The molecule has 0 fully saturated rings. The van der Waals surface area contributed by atoms with E-state index in [4.69, 9.17) is 4.74 Å². The lowest BCUT2D eigenvalue weighted by Crippen LogP contribution is -2.02. The van der Waals surface area contributed by atoms with Crippen molar-refractivity contribution in [2.45, 2.75) is 13.5 Å². The molecule has 0 saturated carbocycles. The van der Waals surface area contributed by atoms with Crippen LogP contribution in [0.4, 0.5) is 20.2 Å². The van der Waals surface area contributed by atoms with Crippen molar-refractivity contribution in [1.29, 1.82) is 0 Å². The highest BCUT2D eigenvalue weighted by atomic mass is 127. The van der Waals surface area contributed by atoms with E-state index in [0.717, 1.165) is 11.3 Å². The van der Waals surface area contributed by atoms with Crippen molar-refractivity contribution in [3.63, 3.8) is 0 Å². The number of hydrogen-bond donors (Lipinski definition) is 1. The maximum Gasteiger partial charge on any atom is 0.170 e. The van der Waals surface area contributed by atoms with Gasteiger partial charge in [0.15, 0.2) is 11.6 Å². The van der Waals surface area contributed by atoms with E-state index < -0.39 is 5.82 Å². The van der Waals surface area contributed by atoms with E-state index in [2.05, 4.69) is 5.32 Å². The van der Waals surface area contributed by atoms with Gasteiger partial charge in [0.2, 0.25) is 0 Å². The predicted molar refractivity (Wildman–Crippen MR) is 104 cm³/mol. The summed E-state index contributed by atoms with van der Waals surface area (Å²) in [6.07, 6.45) is 0. The monoisotopic (exact) mass is 451 g/mol. The molecule has 0 spiro atoms. The standard InChI is InChI=1S/C20H16F2INO/c1-13-11-15(7-8-16(13)21)24-18-10-9-17(22)20(19(18)23)25-12-14-5-3-2-4-6-14/h2-11,24H,12H2,1H3. The third-order valence-electron chi connectivity index (χ3n) is 3.71. The minimum absolute atomic E-state index is 0.202. The van der Waals surface area contributed by atoms with Crippen molar-refractivity contribution in [2.75, 3.05) is 5.32 Å². The van der Waals surface area contributed by atoms with Crippen LogP contribution in [0, 0.1) is 22.1 Å². The maximum absolute atomic E-state index is 14.2. The second kappa shape index (κ2) is 7.82. The van der Waals surface area contributed by atoms with Crippen LogP contribution in [0.5, 0.6) is 5.75 Å². The molecule has 0 aliphatic rings. The first-order valence-corrected chi connectivity index (χ1v) is 8.80. The number of anilines is 2. The quantitative estimate of drug-likeness (QED) is 0.467. The van der Waals surface area contributed by atoms with Crippen molar-refractivity contribution < 1.29 is 13.5 Å². The molecule has 0 saturated heterocycles. The third kappa shape index (κ3) is 4.28. The lowest BCUT2D eigenvalue weighted by Gasteiger charge is -2.14. The van der Waals surface area contributed by atoms with Crippen molar-refractivity contribution in [3.05, 3.63) is 87.0 Å². The van der Waals surface area contributed by atoms with Gasteiger partial charge in [-0.15, -0.1) is 0 Å². The minimum Gasteiger partial charge on any atom is -0.485 e. The molecule has 0 bridgehead atoms. The zero-order valence-corrected chi connectivity index (χ0v) is 15.7. The molecule has 0 radical (unpaired) electrons. The van der Waals surface area contributed by atoms with Gasteiger partial charge in [-0.05, 0) is 71.0 Å². The van der Waals surface area contributed by atoms with Crippen LogP contribution in [-0.2, 0) is 6.61 Å². The highest BCUT2D eigenvalue weighted by molar-refractivity contribution is 14.1. The summed E-state index contributed by atoms with van der Waals surface area (Å²) >= 11 is 2.05. The number of ether oxygens (including phenoxy) is 1. The molecule has 3 rings (SSSR count). The Morgan fingerprint density at radius 1 is 0.960 bits per heavy atom. The van der Waals surface area contributed by atoms with E-state index in [1.54, 1.807) is 25.1 Å². The Morgan fingerprint density at radius 3 is 2.40 bits per heavy atom. The summed E-state index contributed by atoms with van der Waals surface area (Å²) in [5.41, 5.74) is 2.95. The summed E-state index contributed by atoms with van der Waals surface area (Å²) in [6.45, 7) is 1.98. The smallest absolute Gasteiger partial charge is 0.170 e. The Kier molecular flexibility index (Phi) is 5.53. The Morgan fingerprint density at radius 2 is 1.68 bits per heavy atom. The molecule has 0 heterocycles. The maximum atomic E-state index is 14.2. The summed E-state index contributed by atoms with van der Waals surface area (Å²) in [6, 6.07) is 17.4. The van der Waals surface area contributed by atoms with Gasteiger partial charge in [-0.25, -0.2) is 8.78 Å². The number of aryl methyl sites for hydroxylation is 1. The van der Waals surface area contributed by atoms with Crippen LogP contribution in [0.3, 0.4) is 0 Å². The number of hydrogen-bond acceptors (Lipinski definition) is 2. The van der Waals surface area contributed by atoms with Gasteiger partial charge in [0.1, 0.15) is 12.4 Å². The fourth-order valence-electron chi connectivity index (χ4n) is 2.37. The van der Waals surface area contributed by atoms with E-state index in [1.165, 1.54) is 12.1 Å². The van der Waals surface area contributed by atoms with Crippen LogP contribution >= 0.6 is 22.6 Å². The Balaban J connectivity index is 1.82. The van der Waals surface area contributed by atoms with Crippen LogP contribution in [-0.4, -0.2) is 0 Å². The molecule has 3 aromatic carbocycles. The summed E-state index contributed by atoms with van der Waals surface area (Å²) in [5, 5.41) is 3.19. The second-order valence-corrected chi connectivity index (χ2v) is 6.68. The van der Waals surface area contributed by atoms with Crippen LogP contribution in [0.2, 0.25) is 0 Å². The lowest BCUT2D eigenvalue weighted by molar-refractivity contribution is 0.288. The largest absolute Gasteiger partial charge is 0.485 e. The molecule has 2 nitrogen and oxygen atoms in total. The molecule has 0 amide bonds. The Hall–Kier alpha value is -2.15. The third-order valence-corrected chi connectivity index (χ3v) is 4.78. The average Bonchev–Trinajstić information content (AvgIpc) is 2.61. The molecular formula is C20H16F2INO. The average molecular weight is 451 g/mol. The highest BCUT2D eigenvalue weighted by Crippen LogP contribution is 2.33. The summed E-state index contributed by atoms with van der Waals surface area (Å²) < 4.78 is 33.9. The van der Waals surface area contributed by atoms with Crippen molar-refractivity contribution >= 4 is 34.0 Å². The number of nitrogens with one attached hydrogen (secondary N) is 1. The topological polar surface area (TPSA) is 21.3 Å². The Bertz CT molecular complexity index is 884. The van der Waals surface area contributed by atoms with Crippen LogP contribution in [0.15, 0.2) is 60.7 Å². The van der Waals surface area contributed by atoms with Gasteiger partial charge in [-0.1, -0.05) is 30.3 Å². The van der Waals surface area contributed by atoms with Gasteiger partial charge < -0.3 is 10.1 Å². The SMILES string of the molecule is Cc1cc(Nc2ccc(F)c(OCc3ccccc3)c2I)ccc1F. The molecular weight excluding hydrogens is 435 g/mol. The molecule has 0 aliphatic heterocycles. The molecule has 128 valence electrons. The van der Waals surface area contributed by atoms with Crippen LogP contribution < -0.4 is 10.1 Å². The predicted octanol–water partition coefficient (Wildman–Crippen LogP) is 6.20. The van der Waals surface area contributed by atoms with Crippen molar-refractivity contribution in [2.24, 2.45) is 0 Å². The van der Waals surface area contributed by atoms with E-state index in [1.807, 2.05) is 52.9 Å². The number of benzene rings is 3. The first-order valence-electron chi connectivity index (χ1n) is 7.72. The van der Waals surface area contributed by atoms with Crippen LogP contribution in [0.1, 0.15) is 11.1 Å². The van der Waals surface area contributed by atoms with Gasteiger partial charge >= 0.3 is 0 Å². The van der Waals surface area contributed by atoms with Gasteiger partial charge in [0.25, 0.3) is 0 Å². The van der Waals surface area contributed by atoms with Gasteiger partial charge in [0.05, 0.1) is 9.26 Å². The first-order chi connectivity index (χ1) is 12.0. The second-order valence-electron chi connectivity index (χ2n) is 5.60. The van der Waals surface area contributed by atoms with E-state index >= 15 is 0 Å². The Labute approximate surface area is 159 Å². The summed E-state index contributed by atoms with van der Waals surface area (Å²) in [7, 11) is 0. The lowest BCUT2D eigenvalue weighted by atomic mass is 10.2. The van der Waals surface area contributed by atoms with Gasteiger partial charge in [0, 0.05) is 5.69 Å². The van der Waals surface area contributed by atoms with E-state index in [-0.39, 0.29) is 18.2 Å². The highest BCUT2D eigenvalue weighted by Gasteiger charge is 2.14. The zero-order chi connectivity index (χ0) is 17.8. The number of rotatable bonds is 5. The minimum atomic E-state index is -0.416. The van der Waals surface area contributed by atoms with E-state index in [0.29, 0.717) is 14.8 Å². The molecule has 0 aromatic heterocycles. The molecule has 25 heavy (non-hydrogen) atoms. The fraction of sp³-hybridized carbons (Fsp3) is 0.100. The molecule has 1 N–H and O–H groups in total.